The number of ether oxygens (including phenoxy) is 1. The van der Waals surface area contributed by atoms with E-state index in [1.807, 2.05) is 12.1 Å². The molecule has 2 bridgehead atoms. The molecule has 1 N–H and O–H groups in total. The average Bonchev–Trinajstić information content (AvgIpc) is 2.84. The number of fused-ring (bicyclic) bond motifs is 3. The van der Waals surface area contributed by atoms with Crippen molar-refractivity contribution in [1.82, 2.24) is 25.2 Å². The molecule has 0 aliphatic carbocycles. The molecule has 4 atom stereocenters. The van der Waals surface area contributed by atoms with Gasteiger partial charge in [-0.1, -0.05) is 13.8 Å². The second-order valence-electron chi connectivity index (χ2n) is 9.07. The number of aromatic nitrogens is 3. The number of amides is 1. The largest absolute Gasteiger partial charge is 0.375 e. The van der Waals surface area contributed by atoms with Crippen molar-refractivity contribution in [1.29, 1.82) is 0 Å². The molecule has 3 aliphatic heterocycles. The van der Waals surface area contributed by atoms with Crippen LogP contribution in [0.5, 0.6) is 0 Å². The molecule has 1 amide bonds. The predicted molar refractivity (Wildman–Crippen MR) is 124 cm³/mol. The first-order valence-corrected chi connectivity index (χ1v) is 11.9. The molecule has 0 radical (unpaired) electrons. The van der Waals surface area contributed by atoms with Crippen LogP contribution in [0.15, 0.2) is 30.6 Å². The Morgan fingerprint density at radius 1 is 1.25 bits per heavy atom. The summed E-state index contributed by atoms with van der Waals surface area (Å²) >= 11 is 0. The van der Waals surface area contributed by atoms with Crippen LogP contribution in [0.4, 0.5) is 0 Å². The third kappa shape index (κ3) is 4.99. The van der Waals surface area contributed by atoms with Gasteiger partial charge >= 0.3 is 0 Å². The molecule has 0 aromatic carbocycles. The lowest BCUT2D eigenvalue weighted by atomic mass is 9.74. The number of rotatable bonds is 9. The fourth-order valence-electron chi connectivity index (χ4n) is 5.32. The Hall–Kier alpha value is -2.38. The van der Waals surface area contributed by atoms with Gasteiger partial charge in [-0.3, -0.25) is 14.7 Å². The number of methoxy groups -OCH3 is 1. The van der Waals surface area contributed by atoms with Gasteiger partial charge < -0.3 is 10.1 Å². The van der Waals surface area contributed by atoms with Gasteiger partial charge in [-0.2, -0.15) is 0 Å². The van der Waals surface area contributed by atoms with E-state index in [1.54, 1.807) is 19.5 Å². The SMILES string of the molecule is CCC(CC)c1cc(C2CN3CCC2CC3CNC(=O)COC)nc(-c2ccncc2)n1. The highest BCUT2D eigenvalue weighted by Crippen LogP contribution is 2.42. The van der Waals surface area contributed by atoms with E-state index in [4.69, 9.17) is 14.7 Å². The minimum absolute atomic E-state index is 0.0423. The first kappa shape index (κ1) is 22.8. The van der Waals surface area contributed by atoms with Crippen LogP contribution in [-0.4, -0.2) is 65.2 Å². The van der Waals surface area contributed by atoms with Crippen LogP contribution < -0.4 is 5.32 Å². The van der Waals surface area contributed by atoms with Crippen LogP contribution in [-0.2, 0) is 9.53 Å². The van der Waals surface area contributed by atoms with Crippen molar-refractivity contribution in [2.45, 2.75) is 57.4 Å². The summed E-state index contributed by atoms with van der Waals surface area (Å²) in [5.74, 6) is 2.21. The lowest BCUT2D eigenvalue weighted by Crippen LogP contribution is -2.56. The third-order valence-electron chi connectivity index (χ3n) is 7.18. The van der Waals surface area contributed by atoms with Gasteiger partial charge in [0, 0.05) is 67.4 Å². The van der Waals surface area contributed by atoms with Gasteiger partial charge in [-0.25, -0.2) is 9.97 Å². The van der Waals surface area contributed by atoms with Crippen LogP contribution in [0.25, 0.3) is 11.4 Å². The van der Waals surface area contributed by atoms with Crippen molar-refractivity contribution >= 4 is 5.91 Å². The summed E-state index contributed by atoms with van der Waals surface area (Å²) in [5.41, 5.74) is 3.35. The van der Waals surface area contributed by atoms with Gasteiger partial charge in [0.2, 0.25) is 5.91 Å². The molecule has 2 aromatic heterocycles. The van der Waals surface area contributed by atoms with E-state index in [-0.39, 0.29) is 12.5 Å². The van der Waals surface area contributed by atoms with E-state index < -0.39 is 0 Å². The molecule has 5 heterocycles. The van der Waals surface area contributed by atoms with Crippen LogP contribution in [0.1, 0.15) is 62.8 Å². The molecular weight excluding hydrogens is 402 g/mol. The van der Waals surface area contributed by atoms with Crippen molar-refractivity contribution in [2.75, 3.05) is 33.4 Å². The average molecular weight is 438 g/mol. The standard InChI is InChI=1S/C25H35N5O2/c1-4-17(5-2)22-13-23(29-25(28-22)18-6-9-26-10-7-18)21-15-30-11-8-19(21)12-20(30)14-27-24(31)16-32-3/h6-7,9-10,13,17,19-21H,4-5,8,11-12,14-16H2,1-3H3,(H,27,31). The quantitative estimate of drug-likeness (QED) is 0.648. The first-order valence-electron chi connectivity index (χ1n) is 11.9. The van der Waals surface area contributed by atoms with Crippen molar-refractivity contribution in [3.05, 3.63) is 42.0 Å². The smallest absolute Gasteiger partial charge is 0.246 e. The summed E-state index contributed by atoms with van der Waals surface area (Å²) in [6.45, 7) is 7.36. The Labute approximate surface area is 191 Å². The monoisotopic (exact) mass is 437 g/mol. The first-order chi connectivity index (χ1) is 15.6. The van der Waals surface area contributed by atoms with Gasteiger partial charge in [-0.15, -0.1) is 0 Å². The van der Waals surface area contributed by atoms with Crippen LogP contribution in [0.2, 0.25) is 0 Å². The molecular formula is C25H35N5O2. The van der Waals surface area contributed by atoms with E-state index in [9.17, 15) is 4.79 Å². The molecule has 5 rings (SSSR count). The fourth-order valence-corrected chi connectivity index (χ4v) is 5.32. The normalized spacial score (nSPS) is 24.6. The second kappa shape index (κ2) is 10.5. The Morgan fingerprint density at radius 3 is 2.69 bits per heavy atom. The topological polar surface area (TPSA) is 80.2 Å². The molecule has 7 nitrogen and oxygen atoms in total. The molecule has 0 saturated carbocycles. The number of hydrogen-bond acceptors (Lipinski definition) is 6. The van der Waals surface area contributed by atoms with Crippen LogP contribution in [0, 0.1) is 5.92 Å². The molecule has 32 heavy (non-hydrogen) atoms. The van der Waals surface area contributed by atoms with Crippen molar-refractivity contribution in [3.63, 3.8) is 0 Å². The maximum Gasteiger partial charge on any atom is 0.246 e. The van der Waals surface area contributed by atoms with Crippen LogP contribution >= 0.6 is 0 Å². The zero-order valence-electron chi connectivity index (χ0n) is 19.5. The fraction of sp³-hybridized carbons (Fsp3) is 0.600. The number of carbonyl (C=O) groups excluding carboxylic acids is 1. The summed E-state index contributed by atoms with van der Waals surface area (Å²) in [7, 11) is 1.55. The van der Waals surface area contributed by atoms with Gasteiger partial charge in [0.1, 0.15) is 6.61 Å². The predicted octanol–water partition coefficient (Wildman–Crippen LogP) is 3.38. The maximum absolute atomic E-state index is 11.8. The molecule has 4 unspecified atom stereocenters. The second-order valence-corrected chi connectivity index (χ2v) is 9.07. The maximum atomic E-state index is 11.8. The summed E-state index contributed by atoms with van der Waals surface area (Å²) in [5, 5.41) is 3.03. The minimum Gasteiger partial charge on any atom is -0.375 e. The number of nitrogens with zero attached hydrogens (tertiary/aromatic N) is 4. The number of piperidine rings is 3. The Kier molecular flexibility index (Phi) is 7.48. The zero-order chi connectivity index (χ0) is 22.5. The molecule has 3 aliphatic rings. The van der Waals surface area contributed by atoms with Gasteiger partial charge in [0.05, 0.1) is 0 Å². The van der Waals surface area contributed by atoms with Gasteiger partial charge in [-0.05, 0) is 56.3 Å². The molecule has 7 heteroatoms. The molecule has 3 saturated heterocycles. The summed E-state index contributed by atoms with van der Waals surface area (Å²) < 4.78 is 4.93. The molecule has 2 aromatic rings. The Bertz CT molecular complexity index is 902. The molecule has 0 spiro atoms. The van der Waals surface area contributed by atoms with Crippen molar-refractivity contribution in [3.8, 4) is 11.4 Å². The van der Waals surface area contributed by atoms with E-state index in [2.05, 4.69) is 35.1 Å². The summed E-state index contributed by atoms with van der Waals surface area (Å²) in [6, 6.07) is 6.64. The van der Waals surface area contributed by atoms with E-state index in [0.29, 0.717) is 30.3 Å². The number of nitrogens with one attached hydrogen (secondary N) is 1. The highest BCUT2D eigenvalue weighted by molar-refractivity contribution is 5.77. The molecule has 172 valence electrons. The third-order valence-corrected chi connectivity index (χ3v) is 7.18. The highest BCUT2D eigenvalue weighted by Gasteiger charge is 2.41. The van der Waals surface area contributed by atoms with Crippen molar-refractivity contribution in [2.24, 2.45) is 5.92 Å². The van der Waals surface area contributed by atoms with Gasteiger partial charge in [0.15, 0.2) is 5.82 Å². The number of carbonyl (C=O) groups is 1. The summed E-state index contributed by atoms with van der Waals surface area (Å²) in [6.07, 6.45) is 8.03. The van der Waals surface area contributed by atoms with Gasteiger partial charge in [0.25, 0.3) is 0 Å². The van der Waals surface area contributed by atoms with Crippen LogP contribution in [0.3, 0.4) is 0 Å². The van der Waals surface area contributed by atoms with E-state index in [1.165, 1.54) is 12.1 Å². The Balaban J connectivity index is 1.57. The van der Waals surface area contributed by atoms with E-state index >= 15 is 0 Å². The highest BCUT2D eigenvalue weighted by atomic mass is 16.5. The summed E-state index contributed by atoms with van der Waals surface area (Å²) in [4.78, 5) is 28.6. The number of hydrogen-bond donors (Lipinski definition) is 1. The number of pyridine rings is 1. The van der Waals surface area contributed by atoms with E-state index in [0.717, 1.165) is 49.4 Å². The lowest BCUT2D eigenvalue weighted by molar-refractivity contribution is -0.125. The Morgan fingerprint density at radius 2 is 2.03 bits per heavy atom. The van der Waals surface area contributed by atoms with Crippen molar-refractivity contribution < 1.29 is 9.53 Å². The molecule has 3 fully saturated rings. The minimum atomic E-state index is -0.0423. The lowest BCUT2D eigenvalue weighted by Gasteiger charge is -2.49. The zero-order valence-corrected chi connectivity index (χ0v) is 19.5.